The molecule has 1 saturated heterocycles. The Morgan fingerprint density at radius 2 is 2.24 bits per heavy atom. The van der Waals surface area contributed by atoms with Gasteiger partial charge in [-0.05, 0) is 32.1 Å². The number of amides is 2. The van der Waals surface area contributed by atoms with Crippen LogP contribution in [0.5, 0.6) is 0 Å². The molecule has 1 aromatic rings. The van der Waals surface area contributed by atoms with Crippen LogP contribution < -0.4 is 5.32 Å². The highest BCUT2D eigenvalue weighted by Gasteiger charge is 2.55. The number of thiazole rings is 1. The quantitative estimate of drug-likeness (QED) is 0.904. The van der Waals surface area contributed by atoms with Gasteiger partial charge in [0.05, 0.1) is 6.54 Å². The topological polar surface area (TPSA) is 62.3 Å². The van der Waals surface area contributed by atoms with Gasteiger partial charge in [-0.2, -0.15) is 0 Å². The van der Waals surface area contributed by atoms with E-state index in [1.807, 2.05) is 19.2 Å². The Bertz CT molecular complexity index is 541. The van der Waals surface area contributed by atoms with E-state index in [4.69, 9.17) is 0 Å². The molecule has 2 heterocycles. The minimum absolute atomic E-state index is 0.0117. The molecule has 2 fully saturated rings. The van der Waals surface area contributed by atoms with Crippen LogP contribution in [0.4, 0.5) is 0 Å². The Labute approximate surface area is 128 Å². The van der Waals surface area contributed by atoms with Crippen LogP contribution in [0.15, 0.2) is 11.6 Å². The van der Waals surface area contributed by atoms with Gasteiger partial charge in [-0.15, -0.1) is 11.3 Å². The minimum atomic E-state index is -0.724. The minimum Gasteiger partial charge on any atom is -0.340 e. The number of hydrogen-bond acceptors (Lipinski definition) is 4. The molecule has 2 atom stereocenters. The summed E-state index contributed by atoms with van der Waals surface area (Å²) in [7, 11) is 0. The zero-order chi connectivity index (χ0) is 15.0. The number of aromatic nitrogens is 1. The first kappa shape index (κ1) is 14.5. The van der Waals surface area contributed by atoms with Gasteiger partial charge in [-0.1, -0.05) is 13.3 Å². The van der Waals surface area contributed by atoms with Crippen molar-refractivity contribution < 1.29 is 9.59 Å². The number of piperazine rings is 1. The second-order valence-corrected chi connectivity index (χ2v) is 7.11. The number of carbonyl (C=O) groups excluding carboxylic acids is 2. The standard InChI is InChI=1S/C15H21N3O2S/c1-3-4-11-13(19)17-15(2,10-5-6-10)14(20)18(11)9-12-16-7-8-21-12/h7-8,10-11H,3-6,9H2,1-2H3,(H,17,19). The first-order valence-electron chi connectivity index (χ1n) is 7.57. The second kappa shape index (κ2) is 5.40. The highest BCUT2D eigenvalue weighted by molar-refractivity contribution is 7.09. The number of nitrogens with one attached hydrogen (secondary N) is 1. The van der Waals surface area contributed by atoms with Crippen LogP contribution in [-0.2, 0) is 16.1 Å². The van der Waals surface area contributed by atoms with Crippen molar-refractivity contribution in [2.24, 2.45) is 5.92 Å². The lowest BCUT2D eigenvalue weighted by molar-refractivity contribution is -0.156. The largest absolute Gasteiger partial charge is 0.340 e. The van der Waals surface area contributed by atoms with Gasteiger partial charge >= 0.3 is 0 Å². The molecule has 114 valence electrons. The highest BCUT2D eigenvalue weighted by Crippen LogP contribution is 2.42. The molecule has 0 bridgehead atoms. The van der Waals surface area contributed by atoms with Crippen LogP contribution in [0.3, 0.4) is 0 Å². The van der Waals surface area contributed by atoms with Crippen molar-refractivity contribution in [3.8, 4) is 0 Å². The molecule has 2 aliphatic rings. The zero-order valence-electron chi connectivity index (χ0n) is 12.5. The van der Waals surface area contributed by atoms with Crippen molar-refractivity contribution in [3.63, 3.8) is 0 Å². The molecule has 6 heteroatoms. The molecule has 2 unspecified atom stereocenters. The van der Waals surface area contributed by atoms with Crippen LogP contribution in [-0.4, -0.2) is 33.3 Å². The lowest BCUT2D eigenvalue weighted by atomic mass is 9.88. The van der Waals surface area contributed by atoms with Gasteiger partial charge in [0.1, 0.15) is 16.6 Å². The first-order chi connectivity index (χ1) is 10.1. The summed E-state index contributed by atoms with van der Waals surface area (Å²) in [5.41, 5.74) is -0.724. The van der Waals surface area contributed by atoms with E-state index in [9.17, 15) is 9.59 Å². The van der Waals surface area contributed by atoms with E-state index in [0.29, 0.717) is 13.0 Å². The molecule has 1 N–H and O–H groups in total. The van der Waals surface area contributed by atoms with Gasteiger partial charge in [0.2, 0.25) is 11.8 Å². The fraction of sp³-hybridized carbons (Fsp3) is 0.667. The Hall–Kier alpha value is -1.43. The van der Waals surface area contributed by atoms with Crippen molar-refractivity contribution >= 4 is 23.2 Å². The molecule has 0 aromatic carbocycles. The van der Waals surface area contributed by atoms with Crippen molar-refractivity contribution in [3.05, 3.63) is 16.6 Å². The third-order valence-electron chi connectivity index (χ3n) is 4.51. The SMILES string of the molecule is CCCC1C(=O)NC(C)(C2CC2)C(=O)N1Cc1nccs1. The second-order valence-electron chi connectivity index (χ2n) is 6.13. The summed E-state index contributed by atoms with van der Waals surface area (Å²) >= 11 is 1.53. The molecule has 2 amide bonds. The first-order valence-corrected chi connectivity index (χ1v) is 8.45. The number of carbonyl (C=O) groups is 2. The number of nitrogens with zero attached hydrogens (tertiary/aromatic N) is 2. The summed E-state index contributed by atoms with van der Waals surface area (Å²) in [6.07, 6.45) is 5.35. The summed E-state index contributed by atoms with van der Waals surface area (Å²) < 4.78 is 0. The Balaban J connectivity index is 1.88. The third kappa shape index (κ3) is 2.57. The fourth-order valence-corrected chi connectivity index (χ4v) is 3.74. The summed E-state index contributed by atoms with van der Waals surface area (Å²) in [5.74, 6) is 0.330. The van der Waals surface area contributed by atoms with Crippen molar-refractivity contribution in [2.75, 3.05) is 0 Å². The maximum Gasteiger partial charge on any atom is 0.249 e. The normalized spacial score (nSPS) is 29.6. The maximum absolute atomic E-state index is 13.0. The third-order valence-corrected chi connectivity index (χ3v) is 5.28. The van der Waals surface area contributed by atoms with Crippen molar-refractivity contribution in [2.45, 2.75) is 57.7 Å². The van der Waals surface area contributed by atoms with E-state index in [1.54, 1.807) is 11.1 Å². The lowest BCUT2D eigenvalue weighted by Gasteiger charge is -2.44. The lowest BCUT2D eigenvalue weighted by Crippen LogP contribution is -2.69. The van der Waals surface area contributed by atoms with E-state index >= 15 is 0 Å². The molecular weight excluding hydrogens is 286 g/mol. The van der Waals surface area contributed by atoms with E-state index in [1.165, 1.54) is 11.3 Å². The van der Waals surface area contributed by atoms with E-state index in [0.717, 1.165) is 24.3 Å². The molecule has 0 spiro atoms. The Morgan fingerprint density at radius 3 is 2.81 bits per heavy atom. The van der Waals surface area contributed by atoms with Crippen LogP contribution >= 0.6 is 11.3 Å². The predicted molar refractivity (Wildman–Crippen MR) is 80.6 cm³/mol. The fourth-order valence-electron chi connectivity index (χ4n) is 3.13. The van der Waals surface area contributed by atoms with Gasteiger partial charge in [0.25, 0.3) is 0 Å². The highest BCUT2D eigenvalue weighted by atomic mass is 32.1. The van der Waals surface area contributed by atoms with Crippen molar-refractivity contribution in [1.82, 2.24) is 15.2 Å². The van der Waals surface area contributed by atoms with E-state index < -0.39 is 5.54 Å². The smallest absolute Gasteiger partial charge is 0.249 e. The van der Waals surface area contributed by atoms with E-state index in [-0.39, 0.29) is 23.8 Å². The molecular formula is C15H21N3O2S. The van der Waals surface area contributed by atoms with Gasteiger partial charge < -0.3 is 10.2 Å². The Morgan fingerprint density at radius 1 is 1.48 bits per heavy atom. The van der Waals surface area contributed by atoms with Gasteiger partial charge in [0, 0.05) is 11.6 Å². The molecule has 0 radical (unpaired) electrons. The summed E-state index contributed by atoms with van der Waals surface area (Å²) in [4.78, 5) is 31.5. The molecule has 21 heavy (non-hydrogen) atoms. The number of rotatable bonds is 5. The predicted octanol–water partition coefficient (Wildman–Crippen LogP) is 1.94. The molecule has 1 saturated carbocycles. The average molecular weight is 307 g/mol. The zero-order valence-corrected chi connectivity index (χ0v) is 13.3. The maximum atomic E-state index is 13.0. The number of hydrogen-bond donors (Lipinski definition) is 1. The average Bonchev–Trinajstić information content (AvgIpc) is 3.19. The van der Waals surface area contributed by atoms with Crippen LogP contribution in [0, 0.1) is 5.92 Å². The Kier molecular flexibility index (Phi) is 3.73. The summed E-state index contributed by atoms with van der Waals surface area (Å²) in [6.45, 7) is 4.35. The van der Waals surface area contributed by atoms with Gasteiger partial charge in [-0.3, -0.25) is 9.59 Å². The summed E-state index contributed by atoms with van der Waals surface area (Å²) in [6, 6.07) is -0.363. The summed E-state index contributed by atoms with van der Waals surface area (Å²) in [5, 5.41) is 5.79. The van der Waals surface area contributed by atoms with Crippen molar-refractivity contribution in [1.29, 1.82) is 0 Å². The van der Waals surface area contributed by atoms with Crippen LogP contribution in [0.2, 0.25) is 0 Å². The van der Waals surface area contributed by atoms with Crippen LogP contribution in [0.25, 0.3) is 0 Å². The molecule has 1 aromatic heterocycles. The van der Waals surface area contributed by atoms with Gasteiger partial charge in [-0.25, -0.2) is 4.98 Å². The monoisotopic (exact) mass is 307 g/mol. The van der Waals surface area contributed by atoms with Crippen LogP contribution in [0.1, 0.15) is 44.5 Å². The molecule has 1 aliphatic carbocycles. The molecule has 5 nitrogen and oxygen atoms in total. The molecule has 3 rings (SSSR count). The molecule has 1 aliphatic heterocycles. The van der Waals surface area contributed by atoms with E-state index in [2.05, 4.69) is 10.3 Å². The van der Waals surface area contributed by atoms with Gasteiger partial charge in [0.15, 0.2) is 0 Å².